The molecule has 0 bridgehead atoms. The summed E-state index contributed by atoms with van der Waals surface area (Å²) in [4.78, 5) is 15.8. The molecule has 164 valence electrons. The van der Waals surface area contributed by atoms with Gasteiger partial charge in [-0.15, -0.1) is 10.2 Å². The molecule has 7 heteroatoms. The van der Waals surface area contributed by atoms with Crippen molar-refractivity contribution in [2.75, 3.05) is 12.3 Å². The molecule has 0 spiro atoms. The average molecular weight is 446 g/mol. The van der Waals surface area contributed by atoms with Crippen LogP contribution in [-0.2, 0) is 4.79 Å². The number of aromatic nitrogens is 4. The van der Waals surface area contributed by atoms with Crippen molar-refractivity contribution in [3.8, 4) is 17.1 Å². The van der Waals surface area contributed by atoms with E-state index in [4.69, 9.17) is 0 Å². The van der Waals surface area contributed by atoms with Crippen molar-refractivity contribution in [1.29, 1.82) is 0 Å². The van der Waals surface area contributed by atoms with Gasteiger partial charge < -0.3 is 10.3 Å². The molecule has 0 radical (unpaired) electrons. The zero-order valence-electron chi connectivity index (χ0n) is 18.0. The summed E-state index contributed by atoms with van der Waals surface area (Å²) in [7, 11) is 0. The largest absolute Gasteiger partial charge is 0.360 e. The fourth-order valence-electron chi connectivity index (χ4n) is 4.43. The number of hydrogen-bond donors (Lipinski definition) is 2. The molecule has 2 N–H and O–H groups in total. The summed E-state index contributed by atoms with van der Waals surface area (Å²) in [5.41, 5.74) is 3.02. The van der Waals surface area contributed by atoms with Crippen LogP contribution in [0.25, 0.3) is 28.0 Å². The first-order valence-corrected chi connectivity index (χ1v) is 12.2. The van der Waals surface area contributed by atoms with Crippen molar-refractivity contribution in [2.24, 2.45) is 5.92 Å². The van der Waals surface area contributed by atoms with E-state index in [1.54, 1.807) is 0 Å². The number of H-pyrrole nitrogens is 1. The normalized spacial score (nSPS) is 14.6. The highest BCUT2D eigenvalue weighted by Gasteiger charge is 2.20. The number of hydrogen-bond acceptors (Lipinski definition) is 4. The molecule has 0 saturated heterocycles. The van der Waals surface area contributed by atoms with E-state index in [0.29, 0.717) is 16.8 Å². The number of rotatable bonds is 7. The first-order valence-electron chi connectivity index (χ1n) is 11.3. The minimum absolute atomic E-state index is 0.0526. The minimum Gasteiger partial charge on any atom is -0.360 e. The van der Waals surface area contributed by atoms with Crippen LogP contribution in [0.5, 0.6) is 0 Å². The molecule has 5 rings (SSSR count). The summed E-state index contributed by atoms with van der Waals surface area (Å²) in [6, 6.07) is 18.2. The first kappa shape index (κ1) is 20.8. The highest BCUT2D eigenvalue weighted by molar-refractivity contribution is 7.99. The van der Waals surface area contributed by atoms with Crippen LogP contribution >= 0.6 is 11.8 Å². The molecule has 1 fully saturated rings. The average Bonchev–Trinajstić information content (AvgIpc) is 3.46. The van der Waals surface area contributed by atoms with Gasteiger partial charge in [-0.3, -0.25) is 9.36 Å². The van der Waals surface area contributed by atoms with Gasteiger partial charge in [-0.05, 0) is 37.0 Å². The Morgan fingerprint density at radius 2 is 1.81 bits per heavy atom. The van der Waals surface area contributed by atoms with E-state index in [1.165, 1.54) is 43.9 Å². The van der Waals surface area contributed by atoms with Gasteiger partial charge in [0, 0.05) is 34.9 Å². The van der Waals surface area contributed by atoms with Crippen LogP contribution in [0.15, 0.2) is 66.0 Å². The number of nitrogens with zero attached hydrogens (tertiary/aromatic N) is 3. The Morgan fingerprint density at radius 1 is 1.03 bits per heavy atom. The fraction of sp³-hybridized carbons (Fsp3) is 0.320. The molecular weight excluding hydrogens is 418 g/mol. The maximum Gasteiger partial charge on any atom is 0.230 e. The zero-order valence-corrected chi connectivity index (χ0v) is 18.8. The second-order valence-electron chi connectivity index (χ2n) is 8.32. The molecule has 0 atom stereocenters. The van der Waals surface area contributed by atoms with Gasteiger partial charge in [0.15, 0.2) is 11.0 Å². The lowest BCUT2D eigenvalue weighted by Crippen LogP contribution is -2.31. The Balaban J connectivity index is 1.37. The number of para-hydroxylation sites is 2. The number of thioether (sulfide) groups is 1. The monoisotopic (exact) mass is 445 g/mol. The van der Waals surface area contributed by atoms with Gasteiger partial charge in [0.2, 0.25) is 5.91 Å². The third-order valence-corrected chi connectivity index (χ3v) is 7.05. The van der Waals surface area contributed by atoms with Crippen LogP contribution in [-0.4, -0.2) is 38.0 Å². The van der Waals surface area contributed by atoms with Gasteiger partial charge in [0.1, 0.15) is 0 Å². The fourth-order valence-corrected chi connectivity index (χ4v) is 5.22. The van der Waals surface area contributed by atoms with E-state index < -0.39 is 0 Å². The molecule has 1 aliphatic carbocycles. The summed E-state index contributed by atoms with van der Waals surface area (Å²) in [6.45, 7) is 0.783. The summed E-state index contributed by atoms with van der Waals surface area (Å²) in [5, 5.41) is 13.9. The van der Waals surface area contributed by atoms with Crippen LogP contribution < -0.4 is 5.32 Å². The lowest BCUT2D eigenvalue weighted by atomic mass is 9.89. The quantitative estimate of drug-likeness (QED) is 0.383. The predicted octanol–water partition coefficient (Wildman–Crippen LogP) is 5.20. The number of carbonyl (C=O) groups is 1. The van der Waals surface area contributed by atoms with Crippen molar-refractivity contribution in [3.63, 3.8) is 0 Å². The molecule has 2 aromatic heterocycles. The van der Waals surface area contributed by atoms with Gasteiger partial charge in [0.05, 0.1) is 5.75 Å². The first-order chi connectivity index (χ1) is 15.8. The van der Waals surface area contributed by atoms with Crippen LogP contribution in [0.2, 0.25) is 0 Å². The summed E-state index contributed by atoms with van der Waals surface area (Å²) >= 11 is 1.43. The zero-order chi connectivity index (χ0) is 21.8. The van der Waals surface area contributed by atoms with E-state index in [2.05, 4.69) is 26.6 Å². The molecule has 0 unspecified atom stereocenters. The maximum atomic E-state index is 12.5. The Bertz CT molecular complexity index is 1190. The Morgan fingerprint density at radius 3 is 2.66 bits per heavy atom. The highest BCUT2D eigenvalue weighted by Crippen LogP contribution is 2.32. The van der Waals surface area contributed by atoms with Gasteiger partial charge in [-0.2, -0.15) is 0 Å². The number of fused-ring (bicyclic) bond motifs is 1. The summed E-state index contributed by atoms with van der Waals surface area (Å²) < 4.78 is 2.04. The van der Waals surface area contributed by atoms with E-state index in [1.807, 2.05) is 59.3 Å². The lowest BCUT2D eigenvalue weighted by Gasteiger charge is -2.21. The van der Waals surface area contributed by atoms with Crippen LogP contribution in [0.3, 0.4) is 0 Å². The van der Waals surface area contributed by atoms with E-state index >= 15 is 0 Å². The number of aromatic amines is 1. The van der Waals surface area contributed by atoms with Crippen molar-refractivity contribution >= 4 is 28.6 Å². The van der Waals surface area contributed by atoms with E-state index in [0.717, 1.165) is 34.5 Å². The Kier molecular flexibility index (Phi) is 6.25. The Hall–Kier alpha value is -3.06. The second kappa shape index (κ2) is 9.61. The van der Waals surface area contributed by atoms with E-state index in [-0.39, 0.29) is 5.91 Å². The maximum absolute atomic E-state index is 12.5. The number of benzene rings is 2. The van der Waals surface area contributed by atoms with Crippen LogP contribution in [0.1, 0.15) is 32.1 Å². The standard InChI is InChI=1S/C25H27N5OS/c31-23(27-15-18-9-3-1-4-10-18)17-32-25-29-28-24(30(25)19-11-5-2-6-12-19)21-16-26-22-14-8-7-13-20(21)22/h2,5-8,11-14,16,18,26H,1,3-4,9-10,15,17H2,(H,27,31). The molecule has 4 aromatic rings. The third kappa shape index (κ3) is 4.43. The molecule has 0 aliphatic heterocycles. The second-order valence-corrected chi connectivity index (χ2v) is 9.26. The molecule has 2 aromatic carbocycles. The number of nitrogens with one attached hydrogen (secondary N) is 2. The van der Waals surface area contributed by atoms with Crippen molar-refractivity contribution in [3.05, 3.63) is 60.8 Å². The number of amides is 1. The number of carbonyl (C=O) groups excluding carboxylic acids is 1. The predicted molar refractivity (Wildman–Crippen MR) is 129 cm³/mol. The van der Waals surface area contributed by atoms with Gasteiger partial charge in [-0.1, -0.05) is 67.4 Å². The molecule has 1 amide bonds. The van der Waals surface area contributed by atoms with Crippen molar-refractivity contribution in [1.82, 2.24) is 25.1 Å². The van der Waals surface area contributed by atoms with Crippen LogP contribution in [0, 0.1) is 5.92 Å². The van der Waals surface area contributed by atoms with Crippen molar-refractivity contribution in [2.45, 2.75) is 37.3 Å². The molecule has 1 aliphatic rings. The third-order valence-electron chi connectivity index (χ3n) is 6.12. The molecule has 1 saturated carbocycles. The molecule has 2 heterocycles. The van der Waals surface area contributed by atoms with Gasteiger partial charge in [-0.25, -0.2) is 0 Å². The Labute approximate surface area is 191 Å². The lowest BCUT2D eigenvalue weighted by molar-refractivity contribution is -0.118. The van der Waals surface area contributed by atoms with Gasteiger partial charge >= 0.3 is 0 Å². The van der Waals surface area contributed by atoms with E-state index in [9.17, 15) is 4.79 Å². The molecular formula is C25H27N5OS. The summed E-state index contributed by atoms with van der Waals surface area (Å²) in [6.07, 6.45) is 8.32. The summed E-state index contributed by atoms with van der Waals surface area (Å²) in [5.74, 6) is 1.76. The highest BCUT2D eigenvalue weighted by atomic mass is 32.2. The molecule has 32 heavy (non-hydrogen) atoms. The molecule has 6 nitrogen and oxygen atoms in total. The van der Waals surface area contributed by atoms with Gasteiger partial charge in [0.25, 0.3) is 0 Å². The SMILES string of the molecule is O=C(CSc1nnc(-c2c[nH]c3ccccc23)n1-c1ccccc1)NCC1CCCCC1. The topological polar surface area (TPSA) is 75.6 Å². The van der Waals surface area contributed by atoms with Crippen molar-refractivity contribution < 1.29 is 4.79 Å². The van der Waals surface area contributed by atoms with Crippen LogP contribution in [0.4, 0.5) is 0 Å². The minimum atomic E-state index is 0.0526. The smallest absolute Gasteiger partial charge is 0.230 e.